The summed E-state index contributed by atoms with van der Waals surface area (Å²) in [5.74, 6) is -0.794. The molecule has 0 bridgehead atoms. The molecule has 2 aromatic rings. The lowest BCUT2D eigenvalue weighted by Gasteiger charge is -2.11. The van der Waals surface area contributed by atoms with Crippen molar-refractivity contribution in [3.05, 3.63) is 71.8 Å². The summed E-state index contributed by atoms with van der Waals surface area (Å²) >= 11 is 0. The molecule has 1 aliphatic heterocycles. The van der Waals surface area contributed by atoms with Gasteiger partial charge in [0.25, 0.3) is 0 Å². The lowest BCUT2D eigenvalue weighted by Crippen LogP contribution is -2.31. The summed E-state index contributed by atoms with van der Waals surface area (Å²) in [4.78, 5) is 12.2. The van der Waals surface area contributed by atoms with Crippen molar-refractivity contribution in [2.75, 3.05) is 0 Å². The maximum Gasteiger partial charge on any atom is 0.382 e. The van der Waals surface area contributed by atoms with Gasteiger partial charge in [-0.3, -0.25) is 0 Å². The molecule has 3 rings (SSSR count). The smallest absolute Gasteiger partial charge is 0.382 e. The monoisotopic (exact) mass is 331 g/mol. The van der Waals surface area contributed by atoms with Crippen LogP contribution < -0.4 is 0 Å². The Balaban J connectivity index is 1.78. The molecule has 1 aliphatic rings. The van der Waals surface area contributed by atoms with Crippen LogP contribution in [0.1, 0.15) is 11.1 Å². The van der Waals surface area contributed by atoms with Crippen LogP contribution in [0, 0.1) is 0 Å². The van der Waals surface area contributed by atoms with Gasteiger partial charge in [-0.1, -0.05) is 60.7 Å². The van der Waals surface area contributed by atoms with Gasteiger partial charge in [-0.05, 0) is 5.56 Å². The first-order valence-electron chi connectivity index (χ1n) is 6.84. The second-order valence-electron chi connectivity index (χ2n) is 4.84. The van der Waals surface area contributed by atoms with Crippen LogP contribution in [-0.4, -0.2) is 26.2 Å². The summed E-state index contributed by atoms with van der Waals surface area (Å²) in [6, 6.07) is 17.6. The van der Waals surface area contributed by atoms with E-state index in [0.29, 0.717) is 5.56 Å². The van der Waals surface area contributed by atoms with E-state index in [1.807, 2.05) is 18.2 Å². The highest BCUT2D eigenvalue weighted by atomic mass is 32.2. The van der Waals surface area contributed by atoms with E-state index in [1.54, 1.807) is 42.5 Å². The van der Waals surface area contributed by atoms with Crippen molar-refractivity contribution in [1.82, 2.24) is 0 Å². The summed E-state index contributed by atoms with van der Waals surface area (Å²) in [5, 5.41) is 0. The molecule has 118 valence electrons. The molecule has 0 radical (unpaired) electrons. The van der Waals surface area contributed by atoms with Gasteiger partial charge in [-0.25, -0.2) is 8.98 Å². The molecule has 0 amide bonds. The highest BCUT2D eigenvalue weighted by Crippen LogP contribution is 2.21. The third-order valence-electron chi connectivity index (χ3n) is 3.18. The molecule has 0 saturated carbocycles. The van der Waals surface area contributed by atoms with E-state index in [4.69, 9.17) is 8.92 Å². The Morgan fingerprint density at radius 2 is 1.65 bits per heavy atom. The molecule has 0 spiro atoms. The van der Waals surface area contributed by atoms with Crippen LogP contribution in [0.25, 0.3) is 0 Å². The van der Waals surface area contributed by atoms with Crippen molar-refractivity contribution >= 4 is 22.0 Å². The average molecular weight is 331 g/mol. The van der Waals surface area contributed by atoms with Crippen molar-refractivity contribution in [3.8, 4) is 0 Å². The standard InChI is InChI=1S/C16H13NO5S/c18-16(21-11-12-7-3-1-4-8-12)15-14(17-23(19,20)22-15)13-9-5-2-6-10-13/h1-10,15H,11H2. The van der Waals surface area contributed by atoms with Gasteiger partial charge in [-0.15, -0.1) is 4.40 Å². The number of hydrogen-bond donors (Lipinski definition) is 0. The first-order chi connectivity index (χ1) is 11.1. The van der Waals surface area contributed by atoms with Gasteiger partial charge in [0, 0.05) is 5.56 Å². The van der Waals surface area contributed by atoms with E-state index in [9.17, 15) is 13.2 Å². The SMILES string of the molecule is O=C(OCc1ccccc1)C1OS(=O)(=O)N=C1c1ccccc1. The topological polar surface area (TPSA) is 82.0 Å². The second-order valence-corrected chi connectivity index (χ2v) is 6.07. The summed E-state index contributed by atoms with van der Waals surface area (Å²) in [5.41, 5.74) is 1.32. The Kier molecular flexibility index (Phi) is 4.22. The Labute approximate surface area is 133 Å². The molecule has 0 aliphatic carbocycles. The minimum absolute atomic E-state index is 0.0294. The summed E-state index contributed by atoms with van der Waals surface area (Å²) in [6.07, 6.45) is -1.38. The van der Waals surface area contributed by atoms with Gasteiger partial charge >= 0.3 is 16.3 Å². The van der Waals surface area contributed by atoms with Gasteiger partial charge in [-0.2, -0.15) is 8.42 Å². The van der Waals surface area contributed by atoms with Crippen LogP contribution in [0.4, 0.5) is 0 Å². The molecular formula is C16H13NO5S. The molecule has 1 atom stereocenters. The number of benzene rings is 2. The maximum atomic E-state index is 12.2. The fraction of sp³-hybridized carbons (Fsp3) is 0.125. The van der Waals surface area contributed by atoms with Gasteiger partial charge in [0.2, 0.25) is 6.10 Å². The zero-order valence-corrected chi connectivity index (χ0v) is 12.8. The van der Waals surface area contributed by atoms with Crippen molar-refractivity contribution in [3.63, 3.8) is 0 Å². The van der Waals surface area contributed by atoms with Gasteiger partial charge in [0.1, 0.15) is 12.3 Å². The van der Waals surface area contributed by atoms with Crippen LogP contribution in [0.15, 0.2) is 65.1 Å². The summed E-state index contributed by atoms with van der Waals surface area (Å²) in [6.45, 7) is 0.0294. The highest BCUT2D eigenvalue weighted by molar-refractivity contribution is 7.86. The molecular weight excluding hydrogens is 318 g/mol. The van der Waals surface area contributed by atoms with Crippen molar-refractivity contribution in [2.45, 2.75) is 12.7 Å². The predicted octanol–water partition coefficient (Wildman–Crippen LogP) is 1.86. The molecule has 1 heterocycles. The normalized spacial score (nSPS) is 19.1. The lowest BCUT2D eigenvalue weighted by atomic mass is 10.1. The van der Waals surface area contributed by atoms with Crippen molar-refractivity contribution in [1.29, 1.82) is 0 Å². The van der Waals surface area contributed by atoms with Crippen LogP contribution >= 0.6 is 0 Å². The molecule has 6 nitrogen and oxygen atoms in total. The average Bonchev–Trinajstić information content (AvgIpc) is 2.90. The Morgan fingerprint density at radius 1 is 1.04 bits per heavy atom. The first-order valence-corrected chi connectivity index (χ1v) is 8.21. The van der Waals surface area contributed by atoms with Crippen LogP contribution in [-0.2, 0) is 30.6 Å². The number of hydrogen-bond acceptors (Lipinski definition) is 5. The third-order valence-corrected chi connectivity index (χ3v) is 4.04. The molecule has 23 heavy (non-hydrogen) atoms. The summed E-state index contributed by atoms with van der Waals surface area (Å²) in [7, 11) is -4.13. The van der Waals surface area contributed by atoms with E-state index in [2.05, 4.69) is 4.40 Å². The molecule has 1 unspecified atom stereocenters. The Hall–Kier alpha value is -2.51. The van der Waals surface area contributed by atoms with Crippen LogP contribution in [0.3, 0.4) is 0 Å². The number of carbonyl (C=O) groups is 1. The quantitative estimate of drug-likeness (QED) is 0.799. The van der Waals surface area contributed by atoms with E-state index in [0.717, 1.165) is 5.56 Å². The number of esters is 1. The number of ether oxygens (including phenoxy) is 1. The second kappa shape index (κ2) is 6.31. The van der Waals surface area contributed by atoms with Crippen LogP contribution in [0.5, 0.6) is 0 Å². The molecule has 2 aromatic carbocycles. The number of carbonyl (C=O) groups excluding carboxylic acids is 1. The van der Waals surface area contributed by atoms with Crippen molar-refractivity contribution < 1.29 is 22.1 Å². The number of rotatable bonds is 4. The van der Waals surface area contributed by atoms with Gasteiger partial charge in [0.05, 0.1) is 0 Å². The van der Waals surface area contributed by atoms with Gasteiger partial charge in [0.15, 0.2) is 0 Å². The lowest BCUT2D eigenvalue weighted by molar-refractivity contribution is -0.149. The zero-order chi connectivity index (χ0) is 16.3. The first kappa shape index (κ1) is 15.4. The van der Waals surface area contributed by atoms with E-state index < -0.39 is 22.4 Å². The highest BCUT2D eigenvalue weighted by Gasteiger charge is 2.39. The largest absolute Gasteiger partial charge is 0.459 e. The minimum Gasteiger partial charge on any atom is -0.459 e. The Bertz CT molecular complexity index is 831. The third kappa shape index (κ3) is 3.64. The van der Waals surface area contributed by atoms with E-state index >= 15 is 0 Å². The maximum absolute atomic E-state index is 12.2. The van der Waals surface area contributed by atoms with Crippen molar-refractivity contribution in [2.24, 2.45) is 4.40 Å². The van der Waals surface area contributed by atoms with E-state index in [-0.39, 0.29) is 12.3 Å². The minimum atomic E-state index is -4.13. The molecule has 7 heteroatoms. The Morgan fingerprint density at radius 3 is 2.30 bits per heavy atom. The molecule has 0 N–H and O–H groups in total. The molecule has 0 saturated heterocycles. The molecule has 0 fully saturated rings. The van der Waals surface area contributed by atoms with Gasteiger partial charge < -0.3 is 4.74 Å². The fourth-order valence-electron chi connectivity index (χ4n) is 2.13. The molecule has 0 aromatic heterocycles. The predicted molar refractivity (Wildman–Crippen MR) is 83.0 cm³/mol. The van der Waals surface area contributed by atoms with E-state index in [1.165, 1.54) is 0 Å². The fourth-order valence-corrected chi connectivity index (χ4v) is 3.02. The number of nitrogens with zero attached hydrogens (tertiary/aromatic N) is 1. The summed E-state index contributed by atoms with van der Waals surface area (Å²) < 4.78 is 36.6. The van der Waals surface area contributed by atoms with Crippen LogP contribution in [0.2, 0.25) is 0 Å². The zero-order valence-electron chi connectivity index (χ0n) is 12.0.